The maximum absolute atomic E-state index is 12.6. The molecule has 1 N–H and O–H groups in total. The Labute approximate surface area is 346 Å². The van der Waals surface area contributed by atoms with E-state index in [1.807, 2.05) is 58.4 Å². The van der Waals surface area contributed by atoms with E-state index in [2.05, 4.69) is 67.7 Å². The zero-order valence-electron chi connectivity index (χ0n) is 35.8. The highest BCUT2D eigenvalue weighted by atomic mass is 31.2. The number of phosphoric ester groups is 1. The van der Waals surface area contributed by atoms with E-state index in [9.17, 15) is 24.2 Å². The second-order valence-corrected chi connectivity index (χ2v) is 16.2. The van der Waals surface area contributed by atoms with Gasteiger partial charge in [0.2, 0.25) is 0 Å². The number of quaternary nitrogens is 1. The number of likely N-dealkylation sites (N-methyl/N-ethyl adjacent to an activating group) is 1. The summed E-state index contributed by atoms with van der Waals surface area (Å²) in [4.78, 5) is 37.4. The predicted octanol–water partition coefficient (Wildman–Crippen LogP) is 10.1. The number of carbonyl (C=O) groups is 2. The SMILES string of the molecule is CCCCC/C=C\C/C=C\C/C=C\CCCCC(=O)O[C@H](COC(=O)CCC/C=C\C/C=C\C/C=C\C/C=C\C=C\[C@@H](O)CC)COP(=O)([O-])OCC[N+](C)(C)C. The lowest BCUT2D eigenvalue weighted by molar-refractivity contribution is -0.870. The Morgan fingerprint density at radius 1 is 0.649 bits per heavy atom. The van der Waals surface area contributed by atoms with Gasteiger partial charge in [0, 0.05) is 12.8 Å². The van der Waals surface area contributed by atoms with Crippen molar-refractivity contribution in [2.45, 2.75) is 135 Å². The number of unbranched alkanes of at least 4 members (excludes halogenated alkanes) is 6. The van der Waals surface area contributed by atoms with E-state index in [1.165, 1.54) is 19.3 Å². The molecule has 324 valence electrons. The largest absolute Gasteiger partial charge is 0.756 e. The lowest BCUT2D eigenvalue weighted by Crippen LogP contribution is -2.37. The van der Waals surface area contributed by atoms with Crippen molar-refractivity contribution < 1.29 is 47.2 Å². The zero-order chi connectivity index (χ0) is 42.3. The third-order valence-electron chi connectivity index (χ3n) is 8.25. The maximum Gasteiger partial charge on any atom is 0.306 e. The summed E-state index contributed by atoms with van der Waals surface area (Å²) >= 11 is 0. The van der Waals surface area contributed by atoms with E-state index in [4.69, 9.17) is 18.5 Å². The molecule has 1 unspecified atom stereocenters. The van der Waals surface area contributed by atoms with Crippen LogP contribution in [0.25, 0.3) is 0 Å². The molecular weight excluding hydrogens is 741 g/mol. The fourth-order valence-corrected chi connectivity index (χ4v) is 5.49. The molecule has 0 fully saturated rings. The molecule has 0 rings (SSSR count). The van der Waals surface area contributed by atoms with Crippen LogP contribution in [0.5, 0.6) is 0 Å². The number of aliphatic hydroxyl groups is 1. The second-order valence-electron chi connectivity index (χ2n) is 14.8. The lowest BCUT2D eigenvalue weighted by atomic mass is 10.1. The Bertz CT molecular complexity index is 1310. The van der Waals surface area contributed by atoms with Crippen molar-refractivity contribution in [1.29, 1.82) is 0 Å². The van der Waals surface area contributed by atoms with Crippen molar-refractivity contribution in [3.63, 3.8) is 0 Å². The second kappa shape index (κ2) is 37.2. The quantitative estimate of drug-likeness (QED) is 0.0164. The molecule has 0 aromatic heterocycles. The molecule has 3 atom stereocenters. The van der Waals surface area contributed by atoms with Crippen molar-refractivity contribution in [3.8, 4) is 0 Å². The summed E-state index contributed by atoms with van der Waals surface area (Å²) in [6, 6.07) is 0. The molecule has 0 aliphatic heterocycles. The van der Waals surface area contributed by atoms with Gasteiger partial charge in [0.05, 0.1) is 33.9 Å². The van der Waals surface area contributed by atoms with Gasteiger partial charge in [-0.3, -0.25) is 14.2 Å². The number of nitrogens with zero attached hydrogens (tertiary/aromatic N) is 1. The number of ether oxygens (including phenoxy) is 2. The minimum Gasteiger partial charge on any atom is -0.756 e. The summed E-state index contributed by atoms with van der Waals surface area (Å²) in [6.07, 6.45) is 45.4. The number of phosphoric acid groups is 1. The first kappa shape index (κ1) is 53.9. The smallest absolute Gasteiger partial charge is 0.306 e. The van der Waals surface area contributed by atoms with Crippen molar-refractivity contribution in [2.75, 3.05) is 47.5 Å². The van der Waals surface area contributed by atoms with Crippen molar-refractivity contribution >= 4 is 19.8 Å². The third-order valence-corrected chi connectivity index (χ3v) is 9.21. The van der Waals surface area contributed by atoms with E-state index in [-0.39, 0.29) is 32.2 Å². The Morgan fingerprint density at radius 2 is 1.16 bits per heavy atom. The molecule has 0 amide bonds. The van der Waals surface area contributed by atoms with Gasteiger partial charge in [-0.15, -0.1) is 0 Å². The van der Waals surface area contributed by atoms with Crippen molar-refractivity contribution in [3.05, 3.63) is 97.2 Å². The van der Waals surface area contributed by atoms with Gasteiger partial charge >= 0.3 is 11.9 Å². The molecule has 0 aliphatic carbocycles. The van der Waals surface area contributed by atoms with Crippen LogP contribution in [-0.2, 0) is 32.7 Å². The van der Waals surface area contributed by atoms with Gasteiger partial charge in [0.25, 0.3) is 7.82 Å². The molecule has 0 saturated heterocycles. The molecule has 0 saturated carbocycles. The van der Waals surface area contributed by atoms with Crippen molar-refractivity contribution in [2.24, 2.45) is 0 Å². The number of esters is 2. The zero-order valence-corrected chi connectivity index (χ0v) is 36.7. The highest BCUT2D eigenvalue weighted by Crippen LogP contribution is 2.38. The lowest BCUT2D eigenvalue weighted by Gasteiger charge is -2.28. The topological polar surface area (TPSA) is 131 Å². The molecule has 0 bridgehead atoms. The molecule has 0 spiro atoms. The first-order chi connectivity index (χ1) is 27.4. The molecule has 0 aliphatic rings. The van der Waals surface area contributed by atoms with Gasteiger partial charge < -0.3 is 33.0 Å². The molecule has 57 heavy (non-hydrogen) atoms. The first-order valence-electron chi connectivity index (χ1n) is 21.1. The first-order valence-corrected chi connectivity index (χ1v) is 22.5. The molecule has 0 heterocycles. The molecule has 0 aromatic carbocycles. The highest BCUT2D eigenvalue weighted by Gasteiger charge is 2.21. The monoisotopic (exact) mass is 818 g/mol. The molecule has 0 aromatic rings. The average molecular weight is 818 g/mol. The Kier molecular flexibility index (Phi) is 35.2. The minimum absolute atomic E-state index is 0.0588. The summed E-state index contributed by atoms with van der Waals surface area (Å²) in [5.74, 6) is -0.980. The fourth-order valence-electron chi connectivity index (χ4n) is 4.76. The number of hydrogen-bond acceptors (Lipinski definition) is 9. The van der Waals surface area contributed by atoms with E-state index in [0.29, 0.717) is 36.7 Å². The average Bonchev–Trinajstić information content (AvgIpc) is 3.16. The van der Waals surface area contributed by atoms with Crippen LogP contribution in [-0.4, -0.2) is 81.2 Å². The number of allylic oxidation sites excluding steroid dienone is 15. The predicted molar refractivity (Wildman–Crippen MR) is 232 cm³/mol. The van der Waals surface area contributed by atoms with E-state index < -0.39 is 32.5 Å². The van der Waals surface area contributed by atoms with Crippen LogP contribution in [0.4, 0.5) is 0 Å². The number of carbonyl (C=O) groups excluding carboxylic acids is 2. The van der Waals surface area contributed by atoms with Crippen LogP contribution in [0.15, 0.2) is 97.2 Å². The summed E-state index contributed by atoms with van der Waals surface area (Å²) in [5, 5.41) is 9.47. The molecule has 0 radical (unpaired) electrons. The number of rotatable bonds is 36. The van der Waals surface area contributed by atoms with Crippen molar-refractivity contribution in [1.82, 2.24) is 0 Å². The molecule has 11 heteroatoms. The van der Waals surface area contributed by atoms with Gasteiger partial charge in [-0.05, 0) is 83.5 Å². The van der Waals surface area contributed by atoms with Crippen LogP contribution in [0.3, 0.4) is 0 Å². The highest BCUT2D eigenvalue weighted by molar-refractivity contribution is 7.45. The van der Waals surface area contributed by atoms with E-state index in [0.717, 1.165) is 51.4 Å². The Hall–Kier alpha value is -3.11. The van der Waals surface area contributed by atoms with Gasteiger partial charge in [-0.25, -0.2) is 0 Å². The molecule has 10 nitrogen and oxygen atoms in total. The third kappa shape index (κ3) is 40.9. The van der Waals surface area contributed by atoms with Crippen LogP contribution in [0, 0.1) is 0 Å². The fraction of sp³-hybridized carbons (Fsp3) is 0.609. The maximum atomic E-state index is 12.6. The van der Waals surface area contributed by atoms with E-state index in [1.54, 1.807) is 6.08 Å². The van der Waals surface area contributed by atoms with Crippen LogP contribution >= 0.6 is 7.82 Å². The summed E-state index contributed by atoms with van der Waals surface area (Å²) in [7, 11) is 1.07. The van der Waals surface area contributed by atoms with Gasteiger partial charge in [0.15, 0.2) is 6.10 Å². The van der Waals surface area contributed by atoms with Gasteiger partial charge in [0.1, 0.15) is 19.8 Å². The standard InChI is InChI=1S/C46H76NO9P/c1-6-8-9-10-11-12-13-14-15-20-23-26-29-32-35-38-46(50)56-44(42-55-57(51,52)54-40-39-47(3,4)5)41-53-45(49)37-34-31-28-25-22-19-17-16-18-21-24-27-30-33-36-43(48)7-2/h11-12,14-15,17-19,21,23,25-28,30,33,36,43-44,48H,6-10,13,16,20,22,24,29,31-32,34-35,37-42H2,1-5H3/b12-11-,15-14-,19-17-,21-18-,26-23-,28-25-,30-27-,36-33+/t43-,44+/m0/s1. The summed E-state index contributed by atoms with van der Waals surface area (Å²) in [6.45, 7) is 3.71. The Morgan fingerprint density at radius 3 is 1.70 bits per heavy atom. The number of aliphatic hydroxyl groups excluding tert-OH is 1. The summed E-state index contributed by atoms with van der Waals surface area (Å²) < 4.78 is 33.7. The normalized spacial score (nSPS) is 15.1. The Balaban J connectivity index is 4.59. The summed E-state index contributed by atoms with van der Waals surface area (Å²) in [5.41, 5.74) is 0. The van der Waals surface area contributed by atoms with Crippen LogP contribution in [0.2, 0.25) is 0 Å². The van der Waals surface area contributed by atoms with Crippen LogP contribution in [0.1, 0.15) is 123 Å². The minimum atomic E-state index is -4.66. The molecular formula is C46H76NO9P. The van der Waals surface area contributed by atoms with Gasteiger partial charge in [-0.1, -0.05) is 124 Å². The van der Waals surface area contributed by atoms with E-state index >= 15 is 0 Å². The van der Waals surface area contributed by atoms with Gasteiger partial charge in [-0.2, -0.15) is 0 Å². The van der Waals surface area contributed by atoms with Crippen LogP contribution < -0.4 is 4.89 Å². The number of hydrogen-bond donors (Lipinski definition) is 1.